The molecule has 3 nitrogen and oxygen atoms in total. The Morgan fingerprint density at radius 2 is 2.09 bits per heavy atom. The summed E-state index contributed by atoms with van der Waals surface area (Å²) in [5, 5.41) is 4.96. The molecule has 0 saturated carbocycles. The second kappa shape index (κ2) is 5.95. The van der Waals surface area contributed by atoms with Crippen molar-refractivity contribution >= 4 is 6.03 Å². The molecule has 0 heterocycles. The van der Waals surface area contributed by atoms with Crippen LogP contribution in [-0.4, -0.2) is 25.8 Å². The Balaban J connectivity index is 3.23. The summed E-state index contributed by atoms with van der Waals surface area (Å²) in [6, 6.07) is -0.295. The third kappa shape index (κ3) is 7.09. The van der Waals surface area contributed by atoms with Crippen LogP contribution in [-0.2, 0) is 0 Å². The zero-order chi connectivity index (χ0) is 8.69. The first-order valence-electron chi connectivity index (χ1n) is 3.74. The number of rotatable bonds is 4. The van der Waals surface area contributed by atoms with E-state index in [0.717, 1.165) is 0 Å². The number of carbonyl (C=O) groups excluding carboxylic acids is 1. The monoisotopic (exact) mass is 162 g/mol. The van der Waals surface area contributed by atoms with Gasteiger partial charge < -0.3 is 10.6 Å². The molecule has 2 N–H and O–H groups in total. The van der Waals surface area contributed by atoms with Gasteiger partial charge in [-0.25, -0.2) is 9.18 Å². The van der Waals surface area contributed by atoms with E-state index in [-0.39, 0.29) is 12.6 Å². The van der Waals surface area contributed by atoms with Crippen molar-refractivity contribution in [3.8, 4) is 0 Å². The van der Waals surface area contributed by atoms with Crippen molar-refractivity contribution in [2.24, 2.45) is 5.92 Å². The van der Waals surface area contributed by atoms with Crippen LogP contribution in [0.1, 0.15) is 13.8 Å². The summed E-state index contributed by atoms with van der Waals surface area (Å²) in [6.07, 6.45) is 0. The molecule has 0 bridgehead atoms. The van der Waals surface area contributed by atoms with Crippen molar-refractivity contribution < 1.29 is 9.18 Å². The number of halogens is 1. The van der Waals surface area contributed by atoms with Crippen LogP contribution in [0, 0.1) is 5.92 Å². The summed E-state index contributed by atoms with van der Waals surface area (Å²) in [5.41, 5.74) is 0. The van der Waals surface area contributed by atoms with Gasteiger partial charge in [0, 0.05) is 13.1 Å². The maximum absolute atomic E-state index is 11.5. The highest BCUT2D eigenvalue weighted by atomic mass is 19.1. The van der Waals surface area contributed by atoms with Gasteiger partial charge in [-0.2, -0.15) is 0 Å². The van der Waals surface area contributed by atoms with E-state index < -0.39 is 6.67 Å². The number of hydrogen-bond donors (Lipinski definition) is 2. The SMILES string of the molecule is CC(C)CNC(=O)NCCF. The molecule has 0 aromatic heterocycles. The first-order valence-corrected chi connectivity index (χ1v) is 3.74. The fraction of sp³-hybridized carbons (Fsp3) is 0.857. The van der Waals surface area contributed by atoms with Gasteiger partial charge in [-0.1, -0.05) is 13.8 Å². The number of urea groups is 1. The van der Waals surface area contributed by atoms with Crippen LogP contribution < -0.4 is 10.6 Å². The predicted octanol–water partition coefficient (Wildman–Crippen LogP) is 0.911. The molecule has 0 atom stereocenters. The van der Waals surface area contributed by atoms with Crippen LogP contribution in [0.4, 0.5) is 9.18 Å². The average Bonchev–Trinajstić information content (AvgIpc) is 1.97. The van der Waals surface area contributed by atoms with Crippen molar-refractivity contribution in [3.05, 3.63) is 0 Å². The summed E-state index contributed by atoms with van der Waals surface area (Å²) in [6.45, 7) is 4.18. The molecule has 0 aliphatic heterocycles. The molecule has 0 aliphatic carbocycles. The Morgan fingerprint density at radius 1 is 1.45 bits per heavy atom. The average molecular weight is 162 g/mol. The van der Waals surface area contributed by atoms with E-state index in [0.29, 0.717) is 12.5 Å². The quantitative estimate of drug-likeness (QED) is 0.634. The molecule has 4 heteroatoms. The Hall–Kier alpha value is -0.800. The van der Waals surface area contributed by atoms with E-state index in [1.165, 1.54) is 0 Å². The third-order valence-electron chi connectivity index (χ3n) is 1.05. The van der Waals surface area contributed by atoms with E-state index in [1.54, 1.807) is 0 Å². The van der Waals surface area contributed by atoms with Gasteiger partial charge >= 0.3 is 6.03 Å². The maximum atomic E-state index is 11.5. The zero-order valence-corrected chi connectivity index (χ0v) is 6.98. The highest BCUT2D eigenvalue weighted by molar-refractivity contribution is 5.73. The fourth-order valence-corrected chi connectivity index (χ4v) is 0.520. The number of carbonyl (C=O) groups is 1. The van der Waals surface area contributed by atoms with Crippen LogP contribution >= 0.6 is 0 Å². The largest absolute Gasteiger partial charge is 0.338 e. The Morgan fingerprint density at radius 3 is 2.55 bits per heavy atom. The first kappa shape index (κ1) is 10.2. The van der Waals surface area contributed by atoms with Gasteiger partial charge in [-0.3, -0.25) is 0 Å². The fourth-order valence-electron chi connectivity index (χ4n) is 0.520. The van der Waals surface area contributed by atoms with E-state index in [2.05, 4.69) is 10.6 Å². The summed E-state index contributed by atoms with van der Waals surface area (Å²) in [5.74, 6) is 0.422. The molecule has 0 aromatic carbocycles. The molecule has 0 saturated heterocycles. The minimum atomic E-state index is -0.519. The van der Waals surface area contributed by atoms with Crippen LogP contribution in [0.2, 0.25) is 0 Å². The van der Waals surface area contributed by atoms with E-state index in [1.807, 2.05) is 13.8 Å². The molecular formula is C7H15FN2O. The number of hydrogen-bond acceptors (Lipinski definition) is 1. The van der Waals surface area contributed by atoms with Crippen LogP contribution in [0.3, 0.4) is 0 Å². The number of alkyl halides is 1. The molecule has 0 radical (unpaired) electrons. The molecule has 11 heavy (non-hydrogen) atoms. The van der Waals surface area contributed by atoms with E-state index in [9.17, 15) is 9.18 Å². The lowest BCUT2D eigenvalue weighted by molar-refractivity contribution is 0.238. The molecule has 0 spiro atoms. The Kier molecular flexibility index (Phi) is 5.51. The molecule has 0 fully saturated rings. The van der Waals surface area contributed by atoms with Gasteiger partial charge in [0.25, 0.3) is 0 Å². The summed E-state index contributed by atoms with van der Waals surface area (Å²) < 4.78 is 11.5. The van der Waals surface area contributed by atoms with Crippen molar-refractivity contribution in [3.63, 3.8) is 0 Å². The number of amides is 2. The summed E-state index contributed by atoms with van der Waals surface area (Å²) in [7, 11) is 0. The van der Waals surface area contributed by atoms with Gasteiger partial charge in [-0.15, -0.1) is 0 Å². The normalized spacial score (nSPS) is 9.82. The molecule has 0 aromatic rings. The van der Waals surface area contributed by atoms with Crippen LogP contribution in [0.25, 0.3) is 0 Å². The number of nitrogens with one attached hydrogen (secondary N) is 2. The minimum Gasteiger partial charge on any atom is -0.338 e. The summed E-state index contributed by atoms with van der Waals surface area (Å²) in [4.78, 5) is 10.7. The predicted molar refractivity (Wildman–Crippen MR) is 42.2 cm³/mol. The Bertz CT molecular complexity index is 117. The smallest absolute Gasteiger partial charge is 0.314 e. The summed E-state index contributed by atoms with van der Waals surface area (Å²) >= 11 is 0. The van der Waals surface area contributed by atoms with Gasteiger partial charge in [-0.05, 0) is 5.92 Å². The highest BCUT2D eigenvalue weighted by Crippen LogP contribution is 1.85. The lowest BCUT2D eigenvalue weighted by Crippen LogP contribution is -2.38. The van der Waals surface area contributed by atoms with Crippen molar-refractivity contribution in [2.75, 3.05) is 19.8 Å². The molecule has 2 amide bonds. The van der Waals surface area contributed by atoms with Crippen LogP contribution in [0.15, 0.2) is 0 Å². The molecule has 0 aliphatic rings. The first-order chi connectivity index (χ1) is 5.16. The van der Waals surface area contributed by atoms with Crippen molar-refractivity contribution in [1.82, 2.24) is 10.6 Å². The zero-order valence-electron chi connectivity index (χ0n) is 6.98. The molecule has 0 unspecified atom stereocenters. The van der Waals surface area contributed by atoms with Crippen molar-refractivity contribution in [1.29, 1.82) is 0 Å². The second-order valence-electron chi connectivity index (χ2n) is 2.72. The minimum absolute atomic E-state index is 0.0872. The van der Waals surface area contributed by atoms with Gasteiger partial charge in [0.15, 0.2) is 0 Å². The lowest BCUT2D eigenvalue weighted by Gasteiger charge is -2.07. The maximum Gasteiger partial charge on any atom is 0.314 e. The van der Waals surface area contributed by atoms with E-state index in [4.69, 9.17) is 0 Å². The van der Waals surface area contributed by atoms with Crippen molar-refractivity contribution in [2.45, 2.75) is 13.8 Å². The van der Waals surface area contributed by atoms with Gasteiger partial charge in [0.1, 0.15) is 6.67 Å². The van der Waals surface area contributed by atoms with Crippen LogP contribution in [0.5, 0.6) is 0 Å². The highest BCUT2D eigenvalue weighted by Gasteiger charge is 1.98. The molecule has 0 rings (SSSR count). The standard InChI is InChI=1S/C7H15FN2O/c1-6(2)5-10-7(11)9-4-3-8/h6H,3-5H2,1-2H3,(H2,9,10,11). The molecular weight excluding hydrogens is 147 g/mol. The Labute approximate surface area is 66.4 Å². The lowest BCUT2D eigenvalue weighted by atomic mass is 10.2. The third-order valence-corrected chi connectivity index (χ3v) is 1.05. The molecule has 66 valence electrons. The second-order valence-corrected chi connectivity index (χ2v) is 2.72. The van der Waals surface area contributed by atoms with Gasteiger partial charge in [0.2, 0.25) is 0 Å². The topological polar surface area (TPSA) is 41.1 Å². The van der Waals surface area contributed by atoms with Gasteiger partial charge in [0.05, 0.1) is 0 Å². The van der Waals surface area contributed by atoms with E-state index >= 15 is 0 Å².